The van der Waals surface area contributed by atoms with Crippen LogP contribution in [0.5, 0.6) is 0 Å². The second-order valence-corrected chi connectivity index (χ2v) is 9.27. The maximum absolute atomic E-state index is 13.7. The fourth-order valence-electron chi connectivity index (χ4n) is 5.17. The number of rotatable bonds is 8. The third kappa shape index (κ3) is 4.80. The van der Waals surface area contributed by atoms with E-state index in [1.54, 1.807) is 26.0 Å². The van der Waals surface area contributed by atoms with Crippen LogP contribution in [0, 0.1) is 30.6 Å². The number of amides is 2. The van der Waals surface area contributed by atoms with Crippen molar-refractivity contribution in [1.29, 1.82) is 0 Å². The number of benzene rings is 1. The van der Waals surface area contributed by atoms with E-state index in [0.717, 1.165) is 18.4 Å². The van der Waals surface area contributed by atoms with Gasteiger partial charge in [-0.2, -0.15) is 0 Å². The Morgan fingerprint density at radius 3 is 2.61 bits per heavy atom. The highest BCUT2D eigenvalue weighted by atomic mass is 35.5. The molecule has 1 aliphatic carbocycles. The van der Waals surface area contributed by atoms with Gasteiger partial charge >= 0.3 is 5.97 Å². The van der Waals surface area contributed by atoms with E-state index < -0.39 is 41.7 Å². The van der Waals surface area contributed by atoms with Crippen LogP contribution < -0.4 is 5.32 Å². The highest BCUT2D eigenvalue weighted by molar-refractivity contribution is 6.34. The number of para-hydroxylation sites is 1. The lowest BCUT2D eigenvalue weighted by atomic mass is 9.69. The molecule has 1 heterocycles. The first-order valence-electron chi connectivity index (χ1n) is 11.6. The molecule has 0 bridgehead atoms. The molecule has 0 aromatic heterocycles. The lowest BCUT2D eigenvalue weighted by molar-refractivity contribution is -0.156. The van der Waals surface area contributed by atoms with E-state index in [0.29, 0.717) is 10.7 Å². The predicted molar refractivity (Wildman–Crippen MR) is 127 cm³/mol. The van der Waals surface area contributed by atoms with E-state index in [9.17, 15) is 19.5 Å². The van der Waals surface area contributed by atoms with Crippen LogP contribution in [0.25, 0.3) is 0 Å². The van der Waals surface area contributed by atoms with Crippen LogP contribution in [0.3, 0.4) is 0 Å². The molecule has 2 N–H and O–H groups in total. The SMILES string of the molecule is CCC[C@@H]1C=C[C@H]2[C@H](C(=O)N([C@H](C)CO)[C@@H]2C(=O)Nc2c(C)cccc2Cl)[C@@H]1C(=O)OCC. The smallest absolute Gasteiger partial charge is 0.310 e. The average Bonchev–Trinajstić information content (AvgIpc) is 3.08. The molecule has 0 unspecified atom stereocenters. The fraction of sp³-hybridized carbons (Fsp3) is 0.560. The number of halogens is 1. The van der Waals surface area contributed by atoms with Gasteiger partial charge in [0.25, 0.3) is 0 Å². The van der Waals surface area contributed by atoms with Gasteiger partial charge in [-0.3, -0.25) is 14.4 Å². The maximum atomic E-state index is 13.7. The Morgan fingerprint density at radius 2 is 2.00 bits per heavy atom. The molecule has 180 valence electrons. The number of nitrogens with one attached hydrogen (secondary N) is 1. The fourth-order valence-corrected chi connectivity index (χ4v) is 5.44. The zero-order chi connectivity index (χ0) is 24.3. The van der Waals surface area contributed by atoms with Crippen molar-refractivity contribution in [3.05, 3.63) is 40.9 Å². The summed E-state index contributed by atoms with van der Waals surface area (Å²) in [5, 5.41) is 13.2. The van der Waals surface area contributed by atoms with Gasteiger partial charge in [0.15, 0.2) is 0 Å². The van der Waals surface area contributed by atoms with E-state index >= 15 is 0 Å². The highest BCUT2D eigenvalue weighted by Crippen LogP contribution is 2.46. The number of nitrogens with zero attached hydrogens (tertiary/aromatic N) is 1. The zero-order valence-electron chi connectivity index (χ0n) is 19.6. The number of likely N-dealkylation sites (tertiary alicyclic amines) is 1. The maximum Gasteiger partial charge on any atom is 0.310 e. The van der Waals surface area contributed by atoms with Crippen molar-refractivity contribution in [2.75, 3.05) is 18.5 Å². The van der Waals surface area contributed by atoms with Gasteiger partial charge in [-0.15, -0.1) is 0 Å². The Kier molecular flexibility index (Phi) is 8.19. The number of allylic oxidation sites excluding steroid dienone is 1. The van der Waals surface area contributed by atoms with Gasteiger partial charge in [0, 0.05) is 5.92 Å². The molecular weight excluding hydrogens is 444 g/mol. The normalized spacial score (nSPS) is 27.3. The molecule has 3 rings (SSSR count). The quantitative estimate of drug-likeness (QED) is 0.441. The number of esters is 1. The molecule has 33 heavy (non-hydrogen) atoms. The van der Waals surface area contributed by atoms with Gasteiger partial charge in [-0.05, 0) is 44.7 Å². The minimum absolute atomic E-state index is 0.141. The van der Waals surface area contributed by atoms with Crippen molar-refractivity contribution in [1.82, 2.24) is 4.90 Å². The first-order chi connectivity index (χ1) is 15.8. The third-order valence-corrected chi connectivity index (χ3v) is 7.02. The standard InChI is InChI=1S/C25H33ClN2O5/c1-5-8-16-11-12-17-20(19(16)25(32)33-6-2)24(31)28(15(4)13-29)22(17)23(30)27-21-14(3)9-7-10-18(21)26/h7,9-12,15-17,19-20,22,29H,5-6,8,13H2,1-4H3,(H,27,30)/t15-,16-,17+,19-,20+,22+/m1/s1. The van der Waals surface area contributed by atoms with Crippen molar-refractivity contribution in [3.63, 3.8) is 0 Å². The molecule has 1 saturated heterocycles. The van der Waals surface area contributed by atoms with Gasteiger partial charge < -0.3 is 20.1 Å². The summed E-state index contributed by atoms with van der Waals surface area (Å²) < 4.78 is 5.35. The van der Waals surface area contributed by atoms with Crippen molar-refractivity contribution >= 4 is 35.1 Å². The minimum Gasteiger partial charge on any atom is -0.466 e. The van der Waals surface area contributed by atoms with E-state index in [4.69, 9.17) is 16.3 Å². The number of fused-ring (bicyclic) bond motifs is 1. The molecule has 6 atom stereocenters. The molecule has 2 amide bonds. The van der Waals surface area contributed by atoms with Crippen LogP contribution in [0.4, 0.5) is 5.69 Å². The summed E-state index contributed by atoms with van der Waals surface area (Å²) in [6.07, 6.45) is 5.44. The van der Waals surface area contributed by atoms with Crippen LogP contribution in [0.2, 0.25) is 5.02 Å². The number of hydrogen-bond donors (Lipinski definition) is 2. The molecule has 1 fully saturated rings. The Labute approximate surface area is 200 Å². The Morgan fingerprint density at radius 1 is 1.27 bits per heavy atom. The summed E-state index contributed by atoms with van der Waals surface area (Å²) in [5.74, 6) is -3.16. The largest absolute Gasteiger partial charge is 0.466 e. The summed E-state index contributed by atoms with van der Waals surface area (Å²) in [6.45, 7) is 7.22. The summed E-state index contributed by atoms with van der Waals surface area (Å²) in [4.78, 5) is 41.7. The van der Waals surface area contributed by atoms with Gasteiger partial charge in [-0.25, -0.2) is 0 Å². The number of carbonyl (C=O) groups is 3. The second kappa shape index (κ2) is 10.7. The van der Waals surface area contributed by atoms with E-state index in [2.05, 4.69) is 5.32 Å². The molecular formula is C25H33ClN2O5. The van der Waals surface area contributed by atoms with Gasteiger partial charge in [0.2, 0.25) is 11.8 Å². The topological polar surface area (TPSA) is 95.9 Å². The first kappa shape index (κ1) is 25.2. The summed E-state index contributed by atoms with van der Waals surface area (Å²) in [7, 11) is 0. The molecule has 8 heteroatoms. The Balaban J connectivity index is 2.03. The number of ether oxygens (including phenoxy) is 1. The molecule has 1 aromatic carbocycles. The van der Waals surface area contributed by atoms with Gasteiger partial charge in [-0.1, -0.05) is 49.2 Å². The molecule has 0 saturated carbocycles. The van der Waals surface area contributed by atoms with Gasteiger partial charge in [0.1, 0.15) is 6.04 Å². The van der Waals surface area contributed by atoms with Crippen LogP contribution in [-0.4, -0.2) is 53.1 Å². The van der Waals surface area contributed by atoms with E-state index in [1.165, 1.54) is 4.90 Å². The number of hydrogen-bond acceptors (Lipinski definition) is 5. The zero-order valence-corrected chi connectivity index (χ0v) is 20.3. The van der Waals surface area contributed by atoms with Crippen molar-refractivity contribution < 1.29 is 24.2 Å². The number of anilines is 1. The lowest BCUT2D eigenvalue weighted by Crippen LogP contribution is -2.49. The molecule has 2 aliphatic rings. The number of aryl methyl sites for hydroxylation is 1. The first-order valence-corrected chi connectivity index (χ1v) is 12.0. The molecule has 1 aliphatic heterocycles. The van der Waals surface area contributed by atoms with Crippen molar-refractivity contribution in [2.24, 2.45) is 23.7 Å². The van der Waals surface area contributed by atoms with Crippen LogP contribution >= 0.6 is 11.6 Å². The third-order valence-electron chi connectivity index (χ3n) is 6.71. The highest BCUT2D eigenvalue weighted by Gasteiger charge is 2.58. The second-order valence-electron chi connectivity index (χ2n) is 8.86. The monoisotopic (exact) mass is 476 g/mol. The van der Waals surface area contributed by atoms with Gasteiger partial charge in [0.05, 0.1) is 41.8 Å². The van der Waals surface area contributed by atoms with E-state index in [-0.39, 0.29) is 25.0 Å². The van der Waals surface area contributed by atoms with Crippen molar-refractivity contribution in [3.8, 4) is 0 Å². The Hall–Kier alpha value is -2.38. The number of aliphatic hydroxyl groups is 1. The number of carbonyl (C=O) groups excluding carboxylic acids is 3. The van der Waals surface area contributed by atoms with E-state index in [1.807, 2.05) is 32.1 Å². The van der Waals surface area contributed by atoms with Crippen molar-refractivity contribution in [2.45, 2.75) is 52.6 Å². The summed E-state index contributed by atoms with van der Waals surface area (Å²) in [5.41, 5.74) is 1.28. The van der Waals surface area contributed by atoms with Crippen LogP contribution in [-0.2, 0) is 19.1 Å². The summed E-state index contributed by atoms with van der Waals surface area (Å²) >= 11 is 6.32. The molecule has 0 spiro atoms. The minimum atomic E-state index is -0.879. The summed E-state index contributed by atoms with van der Waals surface area (Å²) in [6, 6.07) is 3.85. The predicted octanol–water partition coefficient (Wildman–Crippen LogP) is 3.58. The van der Waals surface area contributed by atoms with Crippen LogP contribution in [0.1, 0.15) is 39.2 Å². The Bertz CT molecular complexity index is 913. The molecule has 1 aromatic rings. The number of aliphatic hydroxyl groups excluding tert-OH is 1. The average molecular weight is 477 g/mol. The molecule has 0 radical (unpaired) electrons. The lowest BCUT2D eigenvalue weighted by Gasteiger charge is -2.34. The molecule has 7 nitrogen and oxygen atoms in total. The van der Waals surface area contributed by atoms with Crippen LogP contribution in [0.15, 0.2) is 30.4 Å².